The topological polar surface area (TPSA) is 40.6 Å². The minimum absolute atomic E-state index is 0.343. The first-order chi connectivity index (χ1) is 9.58. The van der Waals surface area contributed by atoms with Crippen LogP contribution in [0.3, 0.4) is 0 Å². The van der Waals surface area contributed by atoms with E-state index >= 15 is 0 Å². The van der Waals surface area contributed by atoms with E-state index in [2.05, 4.69) is 0 Å². The Balaban J connectivity index is 1.80. The number of carbonyl (C=O) groups is 2. The Morgan fingerprint density at radius 1 is 1.10 bits per heavy atom. The maximum Gasteiger partial charge on any atom is 0.316 e. The molecule has 4 nitrogen and oxygen atoms in total. The van der Waals surface area contributed by atoms with E-state index in [1.807, 2.05) is 32.0 Å². The van der Waals surface area contributed by atoms with Gasteiger partial charge in [-0.15, -0.1) is 0 Å². The van der Waals surface area contributed by atoms with Crippen molar-refractivity contribution in [3.63, 3.8) is 0 Å². The number of nitrogens with zero attached hydrogens (tertiary/aromatic N) is 2. The standard InChI is InChI=1S/C16H20N2O2/c1-11-4-3-5-14(12(11)2)18-9-8-17(10-13-6-7-13)15(19)16(18)20/h3-5,13H,6-10H2,1-2H3. The summed E-state index contributed by atoms with van der Waals surface area (Å²) in [4.78, 5) is 27.9. The van der Waals surface area contributed by atoms with E-state index in [1.54, 1.807) is 9.80 Å². The summed E-state index contributed by atoms with van der Waals surface area (Å²) in [7, 11) is 0. The van der Waals surface area contributed by atoms with Gasteiger partial charge >= 0.3 is 11.8 Å². The van der Waals surface area contributed by atoms with Gasteiger partial charge in [-0.3, -0.25) is 9.59 Å². The Kier molecular flexibility index (Phi) is 3.24. The van der Waals surface area contributed by atoms with Crippen LogP contribution in [0, 0.1) is 19.8 Å². The molecular weight excluding hydrogens is 252 g/mol. The van der Waals surface area contributed by atoms with Crippen molar-refractivity contribution in [2.24, 2.45) is 5.92 Å². The minimum atomic E-state index is -0.384. The van der Waals surface area contributed by atoms with E-state index in [-0.39, 0.29) is 11.8 Å². The van der Waals surface area contributed by atoms with Gasteiger partial charge in [0.05, 0.1) is 0 Å². The van der Waals surface area contributed by atoms with Crippen molar-refractivity contribution >= 4 is 17.5 Å². The van der Waals surface area contributed by atoms with Gasteiger partial charge < -0.3 is 9.80 Å². The molecule has 2 aliphatic rings. The number of amides is 2. The largest absolute Gasteiger partial charge is 0.332 e. The van der Waals surface area contributed by atoms with Gasteiger partial charge in [-0.1, -0.05) is 12.1 Å². The zero-order valence-electron chi connectivity index (χ0n) is 12.1. The highest BCUT2D eigenvalue weighted by atomic mass is 16.2. The van der Waals surface area contributed by atoms with Gasteiger partial charge in [-0.2, -0.15) is 0 Å². The molecule has 0 aromatic heterocycles. The Hall–Kier alpha value is -1.84. The van der Waals surface area contributed by atoms with Gasteiger partial charge in [0, 0.05) is 25.3 Å². The molecule has 0 radical (unpaired) electrons. The lowest BCUT2D eigenvalue weighted by Crippen LogP contribution is -2.55. The zero-order chi connectivity index (χ0) is 14.3. The summed E-state index contributed by atoms with van der Waals surface area (Å²) in [5, 5.41) is 0. The Labute approximate surface area is 119 Å². The van der Waals surface area contributed by atoms with Crippen LogP contribution in [0.5, 0.6) is 0 Å². The van der Waals surface area contributed by atoms with Gasteiger partial charge in [-0.25, -0.2) is 0 Å². The van der Waals surface area contributed by atoms with Crippen LogP contribution in [-0.4, -0.2) is 36.3 Å². The molecule has 1 aliphatic carbocycles. The molecule has 3 rings (SSSR count). The van der Waals surface area contributed by atoms with Gasteiger partial charge in [-0.05, 0) is 49.8 Å². The third kappa shape index (κ3) is 2.30. The summed E-state index contributed by atoms with van der Waals surface area (Å²) in [6.45, 7) is 6.02. The summed E-state index contributed by atoms with van der Waals surface area (Å²) >= 11 is 0. The molecule has 1 aromatic rings. The monoisotopic (exact) mass is 272 g/mol. The molecule has 1 aromatic carbocycles. The van der Waals surface area contributed by atoms with Gasteiger partial charge in [0.25, 0.3) is 0 Å². The number of hydrogen-bond acceptors (Lipinski definition) is 2. The predicted molar refractivity (Wildman–Crippen MR) is 77.6 cm³/mol. The Morgan fingerprint density at radius 2 is 1.85 bits per heavy atom. The zero-order valence-corrected chi connectivity index (χ0v) is 12.1. The van der Waals surface area contributed by atoms with Crippen LogP contribution in [0.15, 0.2) is 18.2 Å². The first-order valence-corrected chi connectivity index (χ1v) is 7.25. The number of hydrogen-bond donors (Lipinski definition) is 0. The lowest BCUT2D eigenvalue weighted by molar-refractivity contribution is -0.146. The number of aryl methyl sites for hydroxylation is 1. The lowest BCUT2D eigenvalue weighted by Gasteiger charge is -2.34. The van der Waals surface area contributed by atoms with E-state index < -0.39 is 0 Å². The third-order valence-corrected chi connectivity index (χ3v) is 4.35. The second-order valence-corrected chi connectivity index (χ2v) is 5.87. The highest BCUT2D eigenvalue weighted by Crippen LogP contribution is 2.31. The molecule has 1 aliphatic heterocycles. The SMILES string of the molecule is Cc1cccc(N2CCN(CC3CC3)C(=O)C2=O)c1C. The molecule has 2 fully saturated rings. The Morgan fingerprint density at radius 3 is 2.55 bits per heavy atom. The molecule has 20 heavy (non-hydrogen) atoms. The first-order valence-electron chi connectivity index (χ1n) is 7.25. The van der Waals surface area contributed by atoms with Crippen LogP contribution >= 0.6 is 0 Å². The number of piperazine rings is 1. The van der Waals surface area contributed by atoms with Crippen LogP contribution in [0.1, 0.15) is 24.0 Å². The molecule has 2 amide bonds. The number of rotatable bonds is 3. The average Bonchev–Trinajstić information content (AvgIpc) is 3.23. The third-order valence-electron chi connectivity index (χ3n) is 4.35. The van der Waals surface area contributed by atoms with Crippen molar-refractivity contribution in [3.05, 3.63) is 29.3 Å². The van der Waals surface area contributed by atoms with Crippen molar-refractivity contribution in [2.45, 2.75) is 26.7 Å². The molecule has 106 valence electrons. The van der Waals surface area contributed by atoms with Crippen LogP contribution < -0.4 is 4.90 Å². The number of anilines is 1. The van der Waals surface area contributed by atoms with Crippen molar-refractivity contribution in [1.29, 1.82) is 0 Å². The maximum atomic E-state index is 12.3. The van der Waals surface area contributed by atoms with E-state index in [9.17, 15) is 9.59 Å². The summed E-state index contributed by atoms with van der Waals surface area (Å²) in [5.74, 6) is -0.103. The smallest absolute Gasteiger partial charge is 0.316 e. The molecule has 1 saturated heterocycles. The van der Waals surface area contributed by atoms with Crippen molar-refractivity contribution in [2.75, 3.05) is 24.5 Å². The lowest BCUT2D eigenvalue weighted by atomic mass is 10.1. The molecule has 0 atom stereocenters. The summed E-state index contributed by atoms with van der Waals surface area (Å²) in [6.07, 6.45) is 2.39. The number of carbonyl (C=O) groups excluding carboxylic acids is 2. The molecule has 0 spiro atoms. The second-order valence-electron chi connectivity index (χ2n) is 5.87. The van der Waals surface area contributed by atoms with E-state index in [0.717, 1.165) is 23.4 Å². The molecule has 1 saturated carbocycles. The molecule has 4 heteroatoms. The van der Waals surface area contributed by atoms with Crippen molar-refractivity contribution in [1.82, 2.24) is 4.90 Å². The molecule has 0 N–H and O–H groups in total. The fraction of sp³-hybridized carbons (Fsp3) is 0.500. The molecule has 0 bridgehead atoms. The van der Waals surface area contributed by atoms with Crippen LogP contribution in [0.25, 0.3) is 0 Å². The highest BCUT2D eigenvalue weighted by Gasteiger charge is 2.36. The maximum absolute atomic E-state index is 12.3. The van der Waals surface area contributed by atoms with Crippen molar-refractivity contribution in [3.8, 4) is 0 Å². The quantitative estimate of drug-likeness (QED) is 0.788. The van der Waals surface area contributed by atoms with Crippen molar-refractivity contribution < 1.29 is 9.59 Å². The van der Waals surface area contributed by atoms with Crippen LogP contribution in [-0.2, 0) is 9.59 Å². The van der Waals surface area contributed by atoms with Gasteiger partial charge in [0.2, 0.25) is 0 Å². The van der Waals surface area contributed by atoms with Gasteiger partial charge in [0.1, 0.15) is 0 Å². The number of benzene rings is 1. The van der Waals surface area contributed by atoms with Crippen LogP contribution in [0.4, 0.5) is 5.69 Å². The normalized spacial score (nSPS) is 19.7. The second kappa shape index (κ2) is 4.93. The fourth-order valence-corrected chi connectivity index (χ4v) is 2.72. The van der Waals surface area contributed by atoms with Gasteiger partial charge in [0.15, 0.2) is 0 Å². The molecule has 1 heterocycles. The highest BCUT2D eigenvalue weighted by molar-refractivity contribution is 6.41. The first kappa shape index (κ1) is 13.2. The predicted octanol–water partition coefficient (Wildman–Crippen LogP) is 1.89. The molecule has 0 unspecified atom stereocenters. The minimum Gasteiger partial charge on any atom is -0.332 e. The van der Waals surface area contributed by atoms with E-state index in [1.165, 1.54) is 12.8 Å². The summed E-state index contributed by atoms with van der Waals surface area (Å²) < 4.78 is 0. The molecular formula is C16H20N2O2. The summed E-state index contributed by atoms with van der Waals surface area (Å²) in [5.41, 5.74) is 3.09. The van der Waals surface area contributed by atoms with E-state index in [0.29, 0.717) is 19.0 Å². The van der Waals surface area contributed by atoms with Crippen LogP contribution in [0.2, 0.25) is 0 Å². The average molecular weight is 272 g/mol. The fourth-order valence-electron chi connectivity index (χ4n) is 2.72. The van der Waals surface area contributed by atoms with E-state index in [4.69, 9.17) is 0 Å². The Bertz CT molecular complexity index is 564. The summed E-state index contributed by atoms with van der Waals surface area (Å²) in [6, 6.07) is 5.88.